The quantitative estimate of drug-likeness (QED) is 0.594. The molecule has 0 aromatic heterocycles. The third kappa shape index (κ3) is 3.14. The number of thioether (sulfide) groups is 1. The van der Waals surface area contributed by atoms with Crippen molar-refractivity contribution in [1.82, 2.24) is 0 Å². The minimum absolute atomic E-state index is 0.0425. The van der Waals surface area contributed by atoms with Gasteiger partial charge in [-0.3, -0.25) is 0 Å². The third-order valence-corrected chi connectivity index (χ3v) is 3.50. The van der Waals surface area contributed by atoms with Gasteiger partial charge in [-0.05, 0) is 24.1 Å². The Hall–Kier alpha value is -0.830. The van der Waals surface area contributed by atoms with Crippen LogP contribution in [-0.2, 0) is 0 Å². The number of hydrogen-bond donors (Lipinski definition) is 2. The summed E-state index contributed by atoms with van der Waals surface area (Å²) < 4.78 is 0. The van der Waals surface area contributed by atoms with Gasteiger partial charge >= 0.3 is 0 Å². The summed E-state index contributed by atoms with van der Waals surface area (Å²) in [7, 11) is 0. The van der Waals surface area contributed by atoms with Gasteiger partial charge in [0.1, 0.15) is 0 Å². The van der Waals surface area contributed by atoms with Gasteiger partial charge in [0.15, 0.2) is 11.5 Å². The molecule has 1 unspecified atom stereocenters. The zero-order valence-corrected chi connectivity index (χ0v) is 9.34. The summed E-state index contributed by atoms with van der Waals surface area (Å²) >= 11 is 1.70. The number of phenolic OH excluding ortho intramolecular Hbond substituents is 2. The van der Waals surface area contributed by atoms with Crippen LogP contribution in [0.4, 0.5) is 0 Å². The van der Waals surface area contributed by atoms with Crippen molar-refractivity contribution in [1.29, 1.82) is 0 Å². The van der Waals surface area contributed by atoms with Gasteiger partial charge in [-0.2, -0.15) is 0 Å². The monoisotopic (exact) mass is 212 g/mol. The number of rotatable bonds is 4. The summed E-state index contributed by atoms with van der Waals surface area (Å²) in [5.74, 6) is 1.62. The predicted molar refractivity (Wildman–Crippen MR) is 60.0 cm³/mol. The fourth-order valence-electron chi connectivity index (χ4n) is 0.949. The molecule has 1 rings (SSSR count). The lowest BCUT2D eigenvalue weighted by Crippen LogP contribution is -1.94. The molecule has 14 heavy (non-hydrogen) atoms. The summed E-state index contributed by atoms with van der Waals surface area (Å²) in [5, 5.41) is 18.4. The third-order valence-electron chi connectivity index (χ3n) is 2.18. The number of benzene rings is 1. The smallest absolute Gasteiger partial charge is 0.158 e. The Morgan fingerprint density at radius 2 is 2.00 bits per heavy atom. The van der Waals surface area contributed by atoms with E-state index in [1.165, 1.54) is 6.07 Å². The molecule has 78 valence electrons. The average molecular weight is 212 g/mol. The second kappa shape index (κ2) is 5.15. The minimum atomic E-state index is -0.0575. The van der Waals surface area contributed by atoms with Crippen molar-refractivity contribution in [3.8, 4) is 11.5 Å². The van der Waals surface area contributed by atoms with E-state index in [2.05, 4.69) is 13.8 Å². The number of aromatic hydroxyl groups is 2. The summed E-state index contributed by atoms with van der Waals surface area (Å²) in [4.78, 5) is 1.00. The van der Waals surface area contributed by atoms with Crippen molar-refractivity contribution in [2.75, 3.05) is 5.75 Å². The highest BCUT2D eigenvalue weighted by Gasteiger charge is 2.03. The van der Waals surface area contributed by atoms with Crippen molar-refractivity contribution < 1.29 is 10.2 Å². The zero-order chi connectivity index (χ0) is 10.6. The summed E-state index contributed by atoms with van der Waals surface area (Å²) in [5.41, 5.74) is 0. The molecule has 0 fully saturated rings. The average Bonchev–Trinajstić information content (AvgIpc) is 2.19. The Bertz CT molecular complexity index is 299. The molecule has 2 nitrogen and oxygen atoms in total. The van der Waals surface area contributed by atoms with Crippen LogP contribution in [0.5, 0.6) is 11.5 Å². The van der Waals surface area contributed by atoms with E-state index in [1.807, 2.05) is 6.07 Å². The lowest BCUT2D eigenvalue weighted by molar-refractivity contribution is 0.402. The van der Waals surface area contributed by atoms with Crippen molar-refractivity contribution in [3.05, 3.63) is 18.2 Å². The van der Waals surface area contributed by atoms with Crippen LogP contribution >= 0.6 is 11.8 Å². The maximum Gasteiger partial charge on any atom is 0.158 e. The van der Waals surface area contributed by atoms with E-state index in [9.17, 15) is 5.11 Å². The topological polar surface area (TPSA) is 40.5 Å². The molecule has 0 saturated heterocycles. The van der Waals surface area contributed by atoms with Gasteiger partial charge in [0.2, 0.25) is 0 Å². The Morgan fingerprint density at radius 3 is 2.57 bits per heavy atom. The standard InChI is InChI=1S/C11H16O2S/c1-3-8(2)7-14-9-4-5-10(12)11(13)6-9/h4-6,8,12-13H,3,7H2,1-2H3. The largest absolute Gasteiger partial charge is 0.504 e. The molecule has 0 aliphatic carbocycles. The second-order valence-electron chi connectivity index (χ2n) is 3.47. The Labute approximate surface area is 89.0 Å². The highest BCUT2D eigenvalue weighted by Crippen LogP contribution is 2.30. The van der Waals surface area contributed by atoms with E-state index in [4.69, 9.17) is 5.11 Å². The summed E-state index contributed by atoms with van der Waals surface area (Å²) in [6.45, 7) is 4.37. The molecule has 0 radical (unpaired) electrons. The Balaban J connectivity index is 2.55. The maximum absolute atomic E-state index is 9.26. The van der Waals surface area contributed by atoms with Crippen molar-refractivity contribution >= 4 is 11.8 Å². The van der Waals surface area contributed by atoms with Gasteiger partial charge < -0.3 is 10.2 Å². The van der Waals surface area contributed by atoms with Gasteiger partial charge in [0.05, 0.1) is 0 Å². The van der Waals surface area contributed by atoms with Crippen LogP contribution in [0.3, 0.4) is 0 Å². The first kappa shape index (κ1) is 11.2. The molecule has 0 aliphatic rings. The second-order valence-corrected chi connectivity index (χ2v) is 4.57. The molecule has 2 N–H and O–H groups in total. The van der Waals surface area contributed by atoms with Crippen LogP contribution in [0.1, 0.15) is 20.3 Å². The first-order chi connectivity index (χ1) is 6.63. The number of hydrogen-bond acceptors (Lipinski definition) is 3. The molecule has 0 amide bonds. The number of phenols is 2. The van der Waals surface area contributed by atoms with Crippen LogP contribution in [-0.4, -0.2) is 16.0 Å². The van der Waals surface area contributed by atoms with Gasteiger partial charge in [-0.25, -0.2) is 0 Å². The van der Waals surface area contributed by atoms with E-state index in [1.54, 1.807) is 17.8 Å². The van der Waals surface area contributed by atoms with E-state index in [-0.39, 0.29) is 11.5 Å². The van der Waals surface area contributed by atoms with Gasteiger partial charge in [-0.15, -0.1) is 11.8 Å². The Morgan fingerprint density at radius 1 is 1.29 bits per heavy atom. The van der Waals surface area contributed by atoms with Gasteiger partial charge in [0.25, 0.3) is 0 Å². The molecule has 1 aromatic rings. The Kier molecular flexibility index (Phi) is 4.14. The van der Waals surface area contributed by atoms with E-state index >= 15 is 0 Å². The fraction of sp³-hybridized carbons (Fsp3) is 0.455. The maximum atomic E-state index is 9.26. The van der Waals surface area contributed by atoms with E-state index in [0.29, 0.717) is 5.92 Å². The van der Waals surface area contributed by atoms with Crippen LogP contribution < -0.4 is 0 Å². The molecular weight excluding hydrogens is 196 g/mol. The highest BCUT2D eigenvalue weighted by atomic mass is 32.2. The lowest BCUT2D eigenvalue weighted by atomic mass is 10.2. The molecule has 1 atom stereocenters. The van der Waals surface area contributed by atoms with Crippen LogP contribution in [0, 0.1) is 5.92 Å². The normalized spacial score (nSPS) is 12.7. The molecule has 0 bridgehead atoms. The first-order valence-electron chi connectivity index (χ1n) is 4.78. The van der Waals surface area contributed by atoms with Gasteiger partial charge in [0, 0.05) is 10.6 Å². The highest BCUT2D eigenvalue weighted by molar-refractivity contribution is 7.99. The van der Waals surface area contributed by atoms with Gasteiger partial charge in [-0.1, -0.05) is 20.3 Å². The van der Waals surface area contributed by atoms with Crippen LogP contribution in [0.15, 0.2) is 23.1 Å². The molecule has 1 aromatic carbocycles. The molecule has 0 heterocycles. The van der Waals surface area contributed by atoms with E-state index in [0.717, 1.165) is 17.1 Å². The van der Waals surface area contributed by atoms with E-state index < -0.39 is 0 Å². The molecule has 0 saturated carbocycles. The zero-order valence-electron chi connectivity index (χ0n) is 8.53. The molecule has 0 spiro atoms. The first-order valence-corrected chi connectivity index (χ1v) is 5.76. The van der Waals surface area contributed by atoms with Crippen molar-refractivity contribution in [3.63, 3.8) is 0 Å². The van der Waals surface area contributed by atoms with Crippen LogP contribution in [0.25, 0.3) is 0 Å². The summed E-state index contributed by atoms with van der Waals surface area (Å²) in [6, 6.07) is 4.94. The SMILES string of the molecule is CCC(C)CSc1ccc(O)c(O)c1. The predicted octanol–water partition coefficient (Wildman–Crippen LogP) is 3.24. The lowest BCUT2D eigenvalue weighted by Gasteiger charge is -2.08. The molecule has 0 aliphatic heterocycles. The van der Waals surface area contributed by atoms with Crippen LogP contribution in [0.2, 0.25) is 0 Å². The molecular formula is C11H16O2S. The van der Waals surface area contributed by atoms with Crippen molar-refractivity contribution in [2.45, 2.75) is 25.2 Å². The fourth-order valence-corrected chi connectivity index (χ4v) is 2.02. The minimum Gasteiger partial charge on any atom is -0.504 e. The summed E-state index contributed by atoms with van der Waals surface area (Å²) in [6.07, 6.45) is 1.16. The molecule has 3 heteroatoms. The van der Waals surface area contributed by atoms with Crippen molar-refractivity contribution in [2.24, 2.45) is 5.92 Å².